The van der Waals surface area contributed by atoms with Gasteiger partial charge in [-0.15, -0.1) is 0 Å². The number of halogens is 1. The lowest BCUT2D eigenvalue weighted by Gasteiger charge is -2.37. The molecule has 0 radical (unpaired) electrons. The third-order valence-corrected chi connectivity index (χ3v) is 6.30. The molecule has 2 aliphatic heterocycles. The smallest absolute Gasteiger partial charge is 0.120 e. The summed E-state index contributed by atoms with van der Waals surface area (Å²) in [5, 5.41) is 11.0. The van der Waals surface area contributed by atoms with Gasteiger partial charge in [-0.1, -0.05) is 23.7 Å². The maximum Gasteiger partial charge on any atom is 0.120 e. The van der Waals surface area contributed by atoms with Crippen molar-refractivity contribution in [1.29, 1.82) is 0 Å². The van der Waals surface area contributed by atoms with E-state index in [0.29, 0.717) is 23.6 Å². The summed E-state index contributed by atoms with van der Waals surface area (Å²) in [6, 6.07) is 14.1. The lowest BCUT2D eigenvalue weighted by molar-refractivity contribution is 0.138. The van der Waals surface area contributed by atoms with E-state index in [1.54, 1.807) is 19.2 Å². The van der Waals surface area contributed by atoms with E-state index >= 15 is 0 Å². The molecule has 4 rings (SSSR count). The number of nitrogens with zero attached hydrogens (tertiary/aromatic N) is 1. The summed E-state index contributed by atoms with van der Waals surface area (Å²) < 4.78 is 5.32. The molecule has 5 nitrogen and oxygen atoms in total. The normalized spacial score (nSPS) is 25.7. The highest BCUT2D eigenvalue weighted by Gasteiger charge is 2.36. The number of phenols is 1. The van der Waals surface area contributed by atoms with Gasteiger partial charge in [0, 0.05) is 42.2 Å². The summed E-state index contributed by atoms with van der Waals surface area (Å²) in [7, 11) is 1.66. The zero-order valence-corrected chi connectivity index (χ0v) is 17.0. The van der Waals surface area contributed by atoms with Gasteiger partial charge in [0.2, 0.25) is 0 Å². The number of hydrogen-bond acceptors (Lipinski definition) is 5. The Morgan fingerprint density at radius 2 is 2.04 bits per heavy atom. The number of aromatic hydroxyl groups is 1. The number of methoxy groups -OCH3 is 1. The Balaban J connectivity index is 1.45. The molecular formula is C22H28ClN3O2. The van der Waals surface area contributed by atoms with Crippen molar-refractivity contribution < 1.29 is 9.84 Å². The van der Waals surface area contributed by atoms with Gasteiger partial charge >= 0.3 is 0 Å². The first kappa shape index (κ1) is 19.5. The highest BCUT2D eigenvalue weighted by Crippen LogP contribution is 2.33. The van der Waals surface area contributed by atoms with Crippen LogP contribution in [0, 0.1) is 5.92 Å². The van der Waals surface area contributed by atoms with Crippen molar-refractivity contribution in [3.05, 3.63) is 58.6 Å². The summed E-state index contributed by atoms with van der Waals surface area (Å²) in [5.41, 5.74) is 9.14. The maximum atomic E-state index is 10.2. The second kappa shape index (κ2) is 8.70. The molecule has 0 amide bonds. The molecule has 2 heterocycles. The summed E-state index contributed by atoms with van der Waals surface area (Å²) in [5.74, 6) is 2.11. The fourth-order valence-electron chi connectivity index (χ4n) is 4.58. The lowest BCUT2D eigenvalue weighted by atomic mass is 9.81. The molecule has 0 aromatic heterocycles. The third kappa shape index (κ3) is 4.28. The van der Waals surface area contributed by atoms with Crippen LogP contribution in [0.2, 0.25) is 5.02 Å². The van der Waals surface area contributed by atoms with Crippen molar-refractivity contribution in [2.75, 3.05) is 26.7 Å². The molecule has 0 saturated carbocycles. The van der Waals surface area contributed by atoms with Crippen LogP contribution in [0.4, 0.5) is 0 Å². The molecule has 0 spiro atoms. The number of nitrogens with one attached hydrogen (secondary N) is 2. The summed E-state index contributed by atoms with van der Waals surface area (Å²) >= 11 is 6.07. The Morgan fingerprint density at radius 1 is 1.21 bits per heavy atom. The van der Waals surface area contributed by atoms with E-state index < -0.39 is 0 Å². The molecule has 2 aromatic rings. The van der Waals surface area contributed by atoms with Crippen molar-refractivity contribution in [3.8, 4) is 11.5 Å². The number of benzene rings is 2. The Kier molecular flexibility index (Phi) is 6.07. The van der Waals surface area contributed by atoms with Crippen LogP contribution in [0.5, 0.6) is 11.5 Å². The van der Waals surface area contributed by atoms with Crippen LogP contribution in [0.1, 0.15) is 29.9 Å². The quantitative estimate of drug-likeness (QED) is 0.715. The topological polar surface area (TPSA) is 56.8 Å². The monoisotopic (exact) mass is 401 g/mol. The van der Waals surface area contributed by atoms with Crippen LogP contribution in [0.25, 0.3) is 0 Å². The van der Waals surface area contributed by atoms with Gasteiger partial charge in [0.25, 0.3) is 0 Å². The van der Waals surface area contributed by atoms with Gasteiger partial charge in [-0.3, -0.25) is 15.8 Å². The van der Waals surface area contributed by atoms with E-state index in [-0.39, 0.29) is 0 Å². The predicted molar refractivity (Wildman–Crippen MR) is 112 cm³/mol. The average molecular weight is 402 g/mol. The van der Waals surface area contributed by atoms with Gasteiger partial charge in [0.15, 0.2) is 0 Å². The van der Waals surface area contributed by atoms with Gasteiger partial charge in [0.1, 0.15) is 11.5 Å². The predicted octanol–water partition coefficient (Wildman–Crippen LogP) is 3.53. The fraction of sp³-hybridized carbons (Fsp3) is 0.455. The molecule has 3 atom stereocenters. The summed E-state index contributed by atoms with van der Waals surface area (Å²) in [6.45, 7) is 3.74. The highest BCUT2D eigenvalue weighted by molar-refractivity contribution is 6.30. The molecule has 6 heteroatoms. The van der Waals surface area contributed by atoms with E-state index in [1.807, 2.05) is 18.2 Å². The second-order valence-corrected chi connectivity index (χ2v) is 8.28. The maximum absolute atomic E-state index is 10.2. The molecular weight excluding hydrogens is 374 g/mol. The Bertz CT molecular complexity index is 799. The number of ether oxygens (including phenoxy) is 1. The molecule has 2 aromatic carbocycles. The fourth-order valence-corrected chi connectivity index (χ4v) is 4.71. The van der Waals surface area contributed by atoms with Crippen molar-refractivity contribution in [1.82, 2.24) is 15.8 Å². The SMILES string of the molecule is COc1ccc(O)c(CN2CCCC(C3NNCC3c3ccc(Cl)cc3)C2)c1. The zero-order valence-electron chi connectivity index (χ0n) is 16.2. The van der Waals surface area contributed by atoms with Gasteiger partial charge in [-0.05, 0) is 61.2 Å². The summed E-state index contributed by atoms with van der Waals surface area (Å²) in [6.07, 6.45) is 2.38. The van der Waals surface area contributed by atoms with E-state index in [2.05, 4.69) is 27.9 Å². The first-order valence-corrected chi connectivity index (χ1v) is 10.3. The second-order valence-electron chi connectivity index (χ2n) is 7.84. The van der Waals surface area contributed by atoms with Crippen molar-refractivity contribution in [3.63, 3.8) is 0 Å². The zero-order chi connectivity index (χ0) is 19.5. The molecule has 150 valence electrons. The molecule has 2 aliphatic rings. The van der Waals surface area contributed by atoms with Crippen molar-refractivity contribution >= 4 is 11.6 Å². The summed E-state index contributed by atoms with van der Waals surface area (Å²) in [4.78, 5) is 2.45. The van der Waals surface area contributed by atoms with Gasteiger partial charge < -0.3 is 9.84 Å². The van der Waals surface area contributed by atoms with Crippen LogP contribution in [-0.2, 0) is 6.54 Å². The molecule has 0 aliphatic carbocycles. The van der Waals surface area contributed by atoms with Crippen LogP contribution < -0.4 is 15.6 Å². The lowest BCUT2D eigenvalue weighted by Crippen LogP contribution is -2.46. The van der Waals surface area contributed by atoms with E-state index in [9.17, 15) is 5.11 Å². The average Bonchev–Trinajstić information content (AvgIpc) is 3.20. The molecule has 3 unspecified atom stereocenters. The minimum absolute atomic E-state index is 0.336. The number of rotatable bonds is 5. The Hall–Kier alpha value is -1.79. The van der Waals surface area contributed by atoms with Crippen molar-refractivity contribution in [2.45, 2.75) is 31.3 Å². The van der Waals surface area contributed by atoms with Gasteiger partial charge in [-0.25, -0.2) is 0 Å². The first-order valence-electron chi connectivity index (χ1n) is 9.96. The number of likely N-dealkylation sites (tertiary alicyclic amines) is 1. The van der Waals surface area contributed by atoms with Crippen molar-refractivity contribution in [2.24, 2.45) is 5.92 Å². The number of phenolic OH excluding ortho intramolecular Hbond substituents is 1. The molecule has 3 N–H and O–H groups in total. The molecule has 28 heavy (non-hydrogen) atoms. The van der Waals surface area contributed by atoms with E-state index in [0.717, 1.165) is 42.5 Å². The van der Waals surface area contributed by atoms with Crippen LogP contribution in [0.3, 0.4) is 0 Å². The first-order chi connectivity index (χ1) is 13.6. The Morgan fingerprint density at radius 3 is 2.82 bits per heavy atom. The highest BCUT2D eigenvalue weighted by atomic mass is 35.5. The molecule has 2 fully saturated rings. The standard InChI is InChI=1S/C22H28ClN3O2/c1-28-19-8-9-21(27)17(11-19)14-26-10-2-3-16(13-26)22-20(12-24-25-22)15-4-6-18(23)7-5-15/h4-9,11,16,20,22,24-25,27H,2-3,10,12-14H2,1H3. The van der Waals surface area contributed by atoms with Crippen LogP contribution in [0.15, 0.2) is 42.5 Å². The Labute approximate surface area is 171 Å². The van der Waals surface area contributed by atoms with Crippen LogP contribution >= 0.6 is 11.6 Å². The number of hydrazine groups is 1. The van der Waals surface area contributed by atoms with Crippen LogP contribution in [-0.4, -0.2) is 42.8 Å². The minimum atomic E-state index is 0.336. The molecule has 0 bridgehead atoms. The largest absolute Gasteiger partial charge is 0.508 e. The third-order valence-electron chi connectivity index (χ3n) is 6.05. The number of piperidine rings is 1. The molecule has 2 saturated heterocycles. The van der Waals surface area contributed by atoms with E-state index in [1.165, 1.54) is 18.4 Å². The van der Waals surface area contributed by atoms with E-state index in [4.69, 9.17) is 16.3 Å². The van der Waals surface area contributed by atoms with Gasteiger partial charge in [-0.2, -0.15) is 0 Å². The number of hydrogen-bond donors (Lipinski definition) is 3. The van der Waals surface area contributed by atoms with Gasteiger partial charge in [0.05, 0.1) is 7.11 Å². The minimum Gasteiger partial charge on any atom is -0.508 e.